The first kappa shape index (κ1) is 21.4. The minimum absolute atomic E-state index is 0. The number of nitrogens with one attached hydrogen (secondary N) is 2. The van der Waals surface area contributed by atoms with Gasteiger partial charge in [-0.05, 0) is 30.3 Å². The fraction of sp³-hybridized carbons (Fsp3) is 0.0667. The van der Waals surface area contributed by atoms with E-state index in [0.717, 1.165) is 6.26 Å². The van der Waals surface area contributed by atoms with Gasteiger partial charge >= 0.3 is 29.6 Å². The van der Waals surface area contributed by atoms with Crippen molar-refractivity contribution in [3.05, 3.63) is 48.2 Å². The van der Waals surface area contributed by atoms with Gasteiger partial charge in [-0.1, -0.05) is 12.1 Å². The van der Waals surface area contributed by atoms with E-state index in [1.807, 2.05) is 0 Å². The van der Waals surface area contributed by atoms with Gasteiger partial charge in [0.15, 0.2) is 9.84 Å². The number of rotatable bonds is 5. The number of H-pyrrole nitrogens is 1. The van der Waals surface area contributed by atoms with Gasteiger partial charge in [-0.2, -0.15) is 5.10 Å². The van der Waals surface area contributed by atoms with E-state index in [-0.39, 0.29) is 51.2 Å². The molecule has 0 atom stereocenters. The largest absolute Gasteiger partial charge is 1.00 e. The standard InChI is InChI=1S/C15H13N3O6S2.Na/c1-25(21,22)12-4-2-3-5-13(12)26(23,24)18-9-6-7-11-10(8-9)14(15(19)20)17-16-11;/h2-8,18H,1H3,(H,16,17)(H,19,20);/q;+1/p-1. The van der Waals surface area contributed by atoms with Gasteiger partial charge in [0.05, 0.1) is 16.4 Å². The average molecular weight is 417 g/mol. The minimum Gasteiger partial charge on any atom is -0.543 e. The molecule has 0 unspecified atom stereocenters. The summed E-state index contributed by atoms with van der Waals surface area (Å²) in [5.74, 6) is -1.52. The van der Waals surface area contributed by atoms with Crippen LogP contribution in [0.3, 0.4) is 0 Å². The van der Waals surface area contributed by atoms with Crippen molar-refractivity contribution in [2.45, 2.75) is 9.79 Å². The van der Waals surface area contributed by atoms with Crippen LogP contribution >= 0.6 is 0 Å². The van der Waals surface area contributed by atoms with Gasteiger partial charge in [0.2, 0.25) is 0 Å². The molecule has 12 heteroatoms. The summed E-state index contributed by atoms with van der Waals surface area (Å²) in [6.45, 7) is 0. The molecular weight excluding hydrogens is 405 g/mol. The molecule has 27 heavy (non-hydrogen) atoms. The Bertz CT molecular complexity index is 1240. The van der Waals surface area contributed by atoms with Crippen LogP contribution < -0.4 is 39.4 Å². The van der Waals surface area contributed by atoms with Gasteiger partial charge in [0.25, 0.3) is 10.0 Å². The smallest absolute Gasteiger partial charge is 0.543 e. The Morgan fingerprint density at radius 3 is 2.30 bits per heavy atom. The van der Waals surface area contributed by atoms with Crippen molar-refractivity contribution in [2.75, 3.05) is 11.0 Å². The average Bonchev–Trinajstić information content (AvgIpc) is 2.97. The van der Waals surface area contributed by atoms with Crippen molar-refractivity contribution in [1.82, 2.24) is 10.2 Å². The van der Waals surface area contributed by atoms with Crippen LogP contribution in [-0.4, -0.2) is 39.3 Å². The molecule has 0 saturated carbocycles. The molecule has 0 bridgehead atoms. The second kappa shape index (κ2) is 7.60. The summed E-state index contributed by atoms with van der Waals surface area (Å²) < 4.78 is 51.2. The molecule has 2 aromatic carbocycles. The summed E-state index contributed by atoms with van der Waals surface area (Å²) >= 11 is 0. The molecule has 0 fully saturated rings. The van der Waals surface area contributed by atoms with Crippen LogP contribution in [-0.2, 0) is 19.9 Å². The number of aromatic nitrogens is 2. The van der Waals surface area contributed by atoms with Gasteiger partial charge in [0, 0.05) is 17.3 Å². The third kappa shape index (κ3) is 4.33. The molecule has 9 nitrogen and oxygen atoms in total. The molecule has 2 N–H and O–H groups in total. The number of carbonyl (C=O) groups excluding carboxylic acids is 1. The third-order valence-corrected chi connectivity index (χ3v) is 6.27. The van der Waals surface area contributed by atoms with E-state index in [1.165, 1.54) is 42.5 Å². The summed E-state index contributed by atoms with van der Waals surface area (Å²) in [5.41, 5.74) is 0.0611. The molecule has 0 aliphatic rings. The predicted molar refractivity (Wildman–Crippen MR) is 90.8 cm³/mol. The molecule has 0 aliphatic heterocycles. The maximum atomic E-state index is 12.6. The fourth-order valence-electron chi connectivity index (χ4n) is 2.42. The number of hydrogen-bond acceptors (Lipinski definition) is 7. The van der Waals surface area contributed by atoms with Crippen LogP contribution in [0.1, 0.15) is 10.5 Å². The predicted octanol–water partition coefficient (Wildman–Crippen LogP) is -2.87. The van der Waals surface area contributed by atoms with Crippen molar-refractivity contribution >= 4 is 42.4 Å². The molecule has 1 heterocycles. The van der Waals surface area contributed by atoms with Crippen LogP contribution in [0.5, 0.6) is 0 Å². The van der Waals surface area contributed by atoms with E-state index in [0.29, 0.717) is 5.52 Å². The Hall–Kier alpha value is -1.92. The first-order valence-electron chi connectivity index (χ1n) is 7.11. The van der Waals surface area contributed by atoms with Crippen molar-refractivity contribution < 1.29 is 56.3 Å². The quantitative estimate of drug-likeness (QED) is 0.424. The van der Waals surface area contributed by atoms with E-state index in [2.05, 4.69) is 14.9 Å². The third-order valence-electron chi connectivity index (χ3n) is 3.55. The van der Waals surface area contributed by atoms with Crippen molar-refractivity contribution in [3.8, 4) is 0 Å². The van der Waals surface area contributed by atoms with E-state index in [9.17, 15) is 26.7 Å². The number of sulfonamides is 1. The summed E-state index contributed by atoms with van der Waals surface area (Å²) in [4.78, 5) is 10.3. The van der Waals surface area contributed by atoms with E-state index in [1.54, 1.807) is 0 Å². The van der Waals surface area contributed by atoms with Crippen molar-refractivity contribution in [3.63, 3.8) is 0 Å². The van der Waals surface area contributed by atoms with Crippen molar-refractivity contribution in [2.24, 2.45) is 0 Å². The van der Waals surface area contributed by atoms with Gasteiger partial charge in [-0.25, -0.2) is 16.8 Å². The molecule has 0 amide bonds. The Morgan fingerprint density at radius 2 is 1.70 bits per heavy atom. The second-order valence-corrected chi connectivity index (χ2v) is 9.08. The number of carboxylic acids is 1. The first-order valence-corrected chi connectivity index (χ1v) is 10.5. The normalized spacial score (nSPS) is 11.7. The summed E-state index contributed by atoms with van der Waals surface area (Å²) in [5, 5.41) is 17.3. The van der Waals surface area contributed by atoms with Crippen LogP contribution in [0.25, 0.3) is 10.9 Å². The summed E-state index contributed by atoms with van der Waals surface area (Å²) in [7, 11) is -8.01. The van der Waals surface area contributed by atoms with Gasteiger partial charge in [0.1, 0.15) is 10.6 Å². The number of carbonyl (C=O) groups is 1. The van der Waals surface area contributed by atoms with Crippen LogP contribution in [0, 0.1) is 0 Å². The first-order chi connectivity index (χ1) is 12.1. The number of carboxylic acid groups (broad SMARTS) is 1. The number of fused-ring (bicyclic) bond motifs is 1. The number of aromatic amines is 1. The molecule has 0 aliphatic carbocycles. The van der Waals surface area contributed by atoms with Gasteiger partial charge in [-0.15, -0.1) is 0 Å². The Labute approximate surface area is 177 Å². The number of benzene rings is 2. The minimum atomic E-state index is -4.23. The van der Waals surface area contributed by atoms with E-state index in [4.69, 9.17) is 0 Å². The molecule has 0 radical (unpaired) electrons. The summed E-state index contributed by atoms with van der Waals surface area (Å²) in [6.07, 6.45) is 0.908. The maximum Gasteiger partial charge on any atom is 1.00 e. The van der Waals surface area contributed by atoms with Gasteiger partial charge < -0.3 is 9.90 Å². The number of sulfone groups is 1. The molecule has 3 rings (SSSR count). The SMILES string of the molecule is CS(=O)(=O)c1ccccc1S(=O)(=O)Nc1ccc2[nH]nc(C(=O)[O-])c2c1.[Na+]. The van der Waals surface area contributed by atoms with Gasteiger partial charge in [-0.3, -0.25) is 9.82 Å². The van der Waals surface area contributed by atoms with Crippen LogP contribution in [0.15, 0.2) is 52.3 Å². The number of hydrogen-bond donors (Lipinski definition) is 2. The van der Waals surface area contributed by atoms with Crippen molar-refractivity contribution in [1.29, 1.82) is 0 Å². The maximum absolute atomic E-state index is 12.6. The molecule has 1 aromatic heterocycles. The Balaban J connectivity index is 0.00000261. The second-order valence-electron chi connectivity index (χ2n) is 5.44. The molecule has 136 valence electrons. The van der Waals surface area contributed by atoms with E-state index < -0.39 is 30.7 Å². The number of aromatic carboxylic acids is 1. The zero-order valence-corrected chi connectivity index (χ0v) is 17.9. The summed E-state index contributed by atoms with van der Waals surface area (Å²) in [6, 6.07) is 9.27. The number of nitrogens with zero attached hydrogens (tertiary/aromatic N) is 1. The molecule has 0 spiro atoms. The zero-order chi connectivity index (χ0) is 19.1. The Kier molecular flexibility index (Phi) is 6.02. The van der Waals surface area contributed by atoms with E-state index >= 15 is 0 Å². The zero-order valence-electron chi connectivity index (χ0n) is 14.3. The monoisotopic (exact) mass is 417 g/mol. The Morgan fingerprint density at radius 1 is 1.07 bits per heavy atom. The molecule has 0 saturated heterocycles. The van der Waals surface area contributed by atoms with Crippen LogP contribution in [0.2, 0.25) is 0 Å². The molecular formula is C15H12N3NaO6S2. The van der Waals surface area contributed by atoms with Crippen LogP contribution in [0.4, 0.5) is 5.69 Å². The fourth-order valence-corrected chi connectivity index (χ4v) is 5.10. The number of anilines is 1. The topological polar surface area (TPSA) is 149 Å². The molecule has 3 aromatic rings.